The van der Waals surface area contributed by atoms with Crippen LogP contribution in [0.3, 0.4) is 0 Å². The molecule has 1 fully saturated rings. The Labute approximate surface area is 84.2 Å². The van der Waals surface area contributed by atoms with Crippen molar-refractivity contribution in [1.29, 1.82) is 0 Å². The zero-order valence-corrected chi connectivity index (χ0v) is 8.48. The highest BCUT2D eigenvalue weighted by molar-refractivity contribution is 5.79. The molecule has 4 heteroatoms. The second kappa shape index (κ2) is 5.78. The van der Waals surface area contributed by atoms with E-state index in [9.17, 15) is 4.79 Å². The molecule has 0 aromatic heterocycles. The topological polar surface area (TPSA) is 49.8 Å². The van der Waals surface area contributed by atoms with Gasteiger partial charge in [0.15, 0.2) is 0 Å². The van der Waals surface area contributed by atoms with E-state index in [0.717, 1.165) is 32.5 Å². The predicted molar refractivity (Wildman–Crippen MR) is 53.2 cm³/mol. The molecule has 14 heavy (non-hydrogen) atoms. The fourth-order valence-corrected chi connectivity index (χ4v) is 1.63. The van der Waals surface area contributed by atoms with Gasteiger partial charge in [-0.1, -0.05) is 6.08 Å². The number of methoxy groups -OCH3 is 1. The standard InChI is InChI=1S/C10H17NO3/c1-14-9-4-7-11(8-5-9)6-2-3-10(12)13/h2-3,9H,4-8H2,1H3,(H,12,13). The van der Waals surface area contributed by atoms with Gasteiger partial charge in [0.1, 0.15) is 0 Å². The first-order valence-electron chi connectivity index (χ1n) is 4.87. The number of ether oxygens (including phenoxy) is 1. The first kappa shape index (κ1) is 11.2. The van der Waals surface area contributed by atoms with Crippen LogP contribution in [0, 0.1) is 0 Å². The van der Waals surface area contributed by atoms with Crippen LogP contribution in [0.5, 0.6) is 0 Å². The molecule has 0 aromatic rings. The molecule has 1 heterocycles. The van der Waals surface area contributed by atoms with Crippen LogP contribution in [0.2, 0.25) is 0 Å². The summed E-state index contributed by atoms with van der Waals surface area (Å²) >= 11 is 0. The summed E-state index contributed by atoms with van der Waals surface area (Å²) in [5.41, 5.74) is 0. The molecule has 1 saturated heterocycles. The van der Waals surface area contributed by atoms with E-state index < -0.39 is 5.97 Å². The SMILES string of the molecule is COC1CCN(CC=CC(=O)O)CC1. The fourth-order valence-electron chi connectivity index (χ4n) is 1.63. The summed E-state index contributed by atoms with van der Waals surface area (Å²) in [5.74, 6) is -0.878. The quantitative estimate of drug-likeness (QED) is 0.678. The highest BCUT2D eigenvalue weighted by Crippen LogP contribution is 2.12. The average molecular weight is 199 g/mol. The Kier molecular flexibility index (Phi) is 4.62. The lowest BCUT2D eigenvalue weighted by Gasteiger charge is -2.30. The molecule has 0 amide bonds. The van der Waals surface area contributed by atoms with Crippen molar-refractivity contribution in [2.45, 2.75) is 18.9 Å². The van der Waals surface area contributed by atoms with Gasteiger partial charge in [-0.25, -0.2) is 4.79 Å². The molecule has 1 aliphatic heterocycles. The van der Waals surface area contributed by atoms with Gasteiger partial charge in [-0.3, -0.25) is 4.90 Å². The van der Waals surface area contributed by atoms with Gasteiger partial charge in [-0.2, -0.15) is 0 Å². The van der Waals surface area contributed by atoms with Gasteiger partial charge in [0, 0.05) is 32.8 Å². The van der Waals surface area contributed by atoms with E-state index in [2.05, 4.69) is 4.90 Å². The minimum atomic E-state index is -0.878. The highest BCUT2D eigenvalue weighted by Gasteiger charge is 2.17. The van der Waals surface area contributed by atoms with Crippen molar-refractivity contribution in [3.8, 4) is 0 Å². The van der Waals surface area contributed by atoms with Crippen LogP contribution in [0.15, 0.2) is 12.2 Å². The van der Waals surface area contributed by atoms with Gasteiger partial charge >= 0.3 is 5.97 Å². The van der Waals surface area contributed by atoms with Crippen LogP contribution in [0.25, 0.3) is 0 Å². The second-order valence-electron chi connectivity index (χ2n) is 3.48. The smallest absolute Gasteiger partial charge is 0.328 e. The predicted octanol–water partition coefficient (Wildman–Crippen LogP) is 0.738. The lowest BCUT2D eigenvalue weighted by Crippen LogP contribution is -2.36. The Balaban J connectivity index is 2.19. The maximum absolute atomic E-state index is 10.2. The highest BCUT2D eigenvalue weighted by atomic mass is 16.5. The molecule has 0 spiro atoms. The zero-order valence-electron chi connectivity index (χ0n) is 8.48. The maximum Gasteiger partial charge on any atom is 0.328 e. The zero-order chi connectivity index (χ0) is 10.4. The number of carbonyl (C=O) groups is 1. The summed E-state index contributed by atoms with van der Waals surface area (Å²) in [6.45, 7) is 2.70. The Morgan fingerprint density at radius 3 is 2.71 bits per heavy atom. The molecule has 0 bridgehead atoms. The molecule has 4 nitrogen and oxygen atoms in total. The number of nitrogens with zero attached hydrogens (tertiary/aromatic N) is 1. The minimum Gasteiger partial charge on any atom is -0.478 e. The summed E-state index contributed by atoms with van der Waals surface area (Å²) in [4.78, 5) is 12.4. The van der Waals surface area contributed by atoms with Crippen LogP contribution in [-0.2, 0) is 9.53 Å². The summed E-state index contributed by atoms with van der Waals surface area (Å²) in [6.07, 6.45) is 5.35. The van der Waals surface area contributed by atoms with Crippen molar-refractivity contribution in [1.82, 2.24) is 4.90 Å². The fraction of sp³-hybridized carbons (Fsp3) is 0.700. The first-order valence-corrected chi connectivity index (χ1v) is 4.87. The van der Waals surface area contributed by atoms with Gasteiger partial charge < -0.3 is 9.84 Å². The van der Waals surface area contributed by atoms with Crippen molar-refractivity contribution in [2.24, 2.45) is 0 Å². The summed E-state index contributed by atoms with van der Waals surface area (Å²) < 4.78 is 5.24. The van der Waals surface area contributed by atoms with Gasteiger partial charge in [0.25, 0.3) is 0 Å². The van der Waals surface area contributed by atoms with Crippen molar-refractivity contribution >= 4 is 5.97 Å². The van der Waals surface area contributed by atoms with Crippen LogP contribution in [-0.4, -0.2) is 48.8 Å². The second-order valence-corrected chi connectivity index (χ2v) is 3.48. The van der Waals surface area contributed by atoms with E-state index in [-0.39, 0.29) is 0 Å². The average Bonchev–Trinajstić information content (AvgIpc) is 2.18. The first-order chi connectivity index (χ1) is 6.72. The molecule has 0 saturated carbocycles. The number of aliphatic carboxylic acids is 1. The number of likely N-dealkylation sites (tertiary alicyclic amines) is 1. The number of hydrogen-bond donors (Lipinski definition) is 1. The van der Waals surface area contributed by atoms with Crippen LogP contribution < -0.4 is 0 Å². The van der Waals surface area contributed by atoms with E-state index >= 15 is 0 Å². The normalized spacial score (nSPS) is 20.4. The van der Waals surface area contributed by atoms with E-state index in [1.807, 2.05) is 0 Å². The molecular weight excluding hydrogens is 182 g/mol. The van der Waals surface area contributed by atoms with Crippen molar-refractivity contribution < 1.29 is 14.6 Å². The van der Waals surface area contributed by atoms with E-state index in [1.165, 1.54) is 6.08 Å². The molecule has 0 unspecified atom stereocenters. The third-order valence-corrected chi connectivity index (χ3v) is 2.49. The maximum atomic E-state index is 10.2. The molecular formula is C10H17NO3. The Morgan fingerprint density at radius 1 is 1.57 bits per heavy atom. The summed E-state index contributed by atoms with van der Waals surface area (Å²) in [7, 11) is 1.74. The van der Waals surface area contributed by atoms with Crippen molar-refractivity contribution in [3.05, 3.63) is 12.2 Å². The van der Waals surface area contributed by atoms with Gasteiger partial charge in [-0.05, 0) is 12.8 Å². The Morgan fingerprint density at radius 2 is 2.21 bits per heavy atom. The third-order valence-electron chi connectivity index (χ3n) is 2.49. The molecule has 0 aromatic carbocycles. The van der Waals surface area contributed by atoms with Gasteiger partial charge in [0.2, 0.25) is 0 Å². The van der Waals surface area contributed by atoms with E-state index in [4.69, 9.17) is 9.84 Å². The molecule has 80 valence electrons. The number of hydrogen-bond acceptors (Lipinski definition) is 3. The lowest BCUT2D eigenvalue weighted by molar-refractivity contribution is -0.131. The number of carboxylic acids is 1. The molecule has 1 aliphatic rings. The van der Waals surface area contributed by atoms with Crippen LogP contribution >= 0.6 is 0 Å². The van der Waals surface area contributed by atoms with Crippen molar-refractivity contribution in [2.75, 3.05) is 26.7 Å². The number of piperidine rings is 1. The summed E-state index contributed by atoms with van der Waals surface area (Å²) in [5, 5.41) is 8.40. The van der Waals surface area contributed by atoms with E-state index in [1.54, 1.807) is 13.2 Å². The van der Waals surface area contributed by atoms with Crippen LogP contribution in [0.4, 0.5) is 0 Å². The number of rotatable bonds is 4. The molecule has 0 atom stereocenters. The largest absolute Gasteiger partial charge is 0.478 e. The lowest BCUT2D eigenvalue weighted by atomic mass is 10.1. The van der Waals surface area contributed by atoms with E-state index in [0.29, 0.717) is 6.10 Å². The molecule has 0 aliphatic carbocycles. The minimum absolute atomic E-state index is 0.384. The van der Waals surface area contributed by atoms with Gasteiger partial charge in [0.05, 0.1) is 6.10 Å². The van der Waals surface area contributed by atoms with Crippen molar-refractivity contribution in [3.63, 3.8) is 0 Å². The Bertz CT molecular complexity index is 207. The molecule has 0 radical (unpaired) electrons. The summed E-state index contributed by atoms with van der Waals surface area (Å²) in [6, 6.07) is 0. The number of carboxylic acid groups (broad SMARTS) is 1. The molecule has 1 rings (SSSR count). The van der Waals surface area contributed by atoms with Crippen LogP contribution in [0.1, 0.15) is 12.8 Å². The van der Waals surface area contributed by atoms with Gasteiger partial charge in [-0.15, -0.1) is 0 Å². The molecule has 1 N–H and O–H groups in total. The third kappa shape index (κ3) is 3.89. The monoisotopic (exact) mass is 199 g/mol. The Hall–Kier alpha value is -0.870.